The van der Waals surface area contributed by atoms with E-state index in [1.54, 1.807) is 0 Å². The molecule has 3 aromatic carbocycles. The Morgan fingerprint density at radius 2 is 1.06 bits per heavy atom. The molecule has 0 heterocycles. The molecule has 3 aromatic rings. The third-order valence-electron chi connectivity index (χ3n) is 9.24. The van der Waals surface area contributed by atoms with Crippen molar-refractivity contribution in [2.45, 2.75) is 100 Å². The fourth-order valence-corrected chi connectivity index (χ4v) is 6.76. The summed E-state index contributed by atoms with van der Waals surface area (Å²) in [5, 5.41) is 3.62. The third kappa shape index (κ3) is 8.58. The highest BCUT2D eigenvalue weighted by Crippen LogP contribution is 2.31. The van der Waals surface area contributed by atoms with Crippen molar-refractivity contribution in [3.8, 4) is 0 Å². The number of aliphatic imine (C=N–C) groups is 1. The molecule has 0 spiro atoms. The monoisotopic (exact) mass is 647 g/mol. The first kappa shape index (κ1) is 36.5. The summed E-state index contributed by atoms with van der Waals surface area (Å²) in [6, 6.07) is 26.8. The van der Waals surface area contributed by atoms with Crippen molar-refractivity contribution in [2.75, 3.05) is 39.7 Å². The molecule has 4 rings (SSSR count). The zero-order valence-corrected chi connectivity index (χ0v) is 31.0. The van der Waals surface area contributed by atoms with E-state index in [9.17, 15) is 4.79 Å². The Bertz CT molecular complexity index is 1600. The standard InChI is InChI=1S/C42H57N5O/c1-11-39-41(44-35-19-25-38(26-20-35)47(14-4)31(9)10)40(43-34-17-23-37(24-18-34)46(13-3)30(7)8)28-33(42(39)48)27-32-15-21-36(22-16-32)45(12-2)29(5)6/h15-26,28-31,44H,11-14,27H2,1-10H3. The normalized spacial score (nSPS) is 14.3. The number of hydrogen-bond donors (Lipinski definition) is 1. The molecule has 0 atom stereocenters. The molecule has 1 aliphatic rings. The fraction of sp³-hybridized carbons (Fsp3) is 0.429. The highest BCUT2D eigenvalue weighted by atomic mass is 16.1. The van der Waals surface area contributed by atoms with Gasteiger partial charge in [-0.25, -0.2) is 4.99 Å². The highest BCUT2D eigenvalue weighted by Gasteiger charge is 2.27. The number of nitrogens with one attached hydrogen (secondary N) is 1. The number of benzene rings is 3. The molecule has 0 saturated heterocycles. The predicted molar refractivity (Wildman–Crippen MR) is 209 cm³/mol. The number of allylic oxidation sites excluding steroid dienone is 3. The van der Waals surface area contributed by atoms with Gasteiger partial charge in [0.2, 0.25) is 0 Å². The van der Waals surface area contributed by atoms with E-state index >= 15 is 0 Å². The number of Topliss-reactive ketones (excluding diaryl/α,β-unsaturated/α-hetero) is 1. The van der Waals surface area contributed by atoms with Crippen LogP contribution in [0.15, 0.2) is 101 Å². The first-order valence-corrected chi connectivity index (χ1v) is 17.9. The molecular formula is C42H57N5O. The first-order chi connectivity index (χ1) is 23.0. The van der Waals surface area contributed by atoms with Crippen molar-refractivity contribution in [3.63, 3.8) is 0 Å². The Morgan fingerprint density at radius 1 is 0.625 bits per heavy atom. The van der Waals surface area contributed by atoms with Crippen LogP contribution in [0.4, 0.5) is 28.4 Å². The van der Waals surface area contributed by atoms with E-state index in [-0.39, 0.29) is 5.78 Å². The van der Waals surface area contributed by atoms with Gasteiger partial charge >= 0.3 is 0 Å². The van der Waals surface area contributed by atoms with Gasteiger partial charge in [0.25, 0.3) is 0 Å². The predicted octanol–water partition coefficient (Wildman–Crippen LogP) is 9.99. The van der Waals surface area contributed by atoms with Crippen LogP contribution in [-0.2, 0) is 11.2 Å². The minimum atomic E-state index is 0.0832. The van der Waals surface area contributed by atoms with Crippen molar-refractivity contribution in [2.24, 2.45) is 4.99 Å². The van der Waals surface area contributed by atoms with Gasteiger partial charge < -0.3 is 20.0 Å². The van der Waals surface area contributed by atoms with Crippen molar-refractivity contribution in [3.05, 3.63) is 101 Å². The molecule has 1 N–H and O–H groups in total. The summed E-state index contributed by atoms with van der Waals surface area (Å²) < 4.78 is 0. The molecule has 48 heavy (non-hydrogen) atoms. The minimum Gasteiger partial charge on any atom is -0.369 e. The fourth-order valence-electron chi connectivity index (χ4n) is 6.76. The molecule has 1 aliphatic carbocycles. The zero-order valence-electron chi connectivity index (χ0n) is 31.0. The van der Waals surface area contributed by atoms with Crippen molar-refractivity contribution in [1.82, 2.24) is 0 Å². The quantitative estimate of drug-likeness (QED) is 0.166. The SMILES string of the molecule is CCC1=C(Nc2ccc(N(CC)C(C)C)cc2)C(=Nc2ccc(N(CC)C(C)C)cc2)C=C(Cc2ccc(N(CC)C(C)C)cc2)C1=O. The molecule has 0 radical (unpaired) electrons. The van der Waals surface area contributed by atoms with E-state index in [0.29, 0.717) is 31.0 Å². The number of ketones is 1. The Balaban J connectivity index is 1.73. The van der Waals surface area contributed by atoms with E-state index in [4.69, 9.17) is 4.99 Å². The molecule has 0 bridgehead atoms. The van der Waals surface area contributed by atoms with E-state index in [0.717, 1.165) is 59.1 Å². The Kier molecular flexibility index (Phi) is 12.7. The first-order valence-electron chi connectivity index (χ1n) is 17.9. The summed E-state index contributed by atoms with van der Waals surface area (Å²) in [4.78, 5) is 26.4. The lowest BCUT2D eigenvalue weighted by Crippen LogP contribution is -2.30. The maximum atomic E-state index is 14.1. The van der Waals surface area contributed by atoms with E-state index in [1.807, 2.05) is 6.08 Å². The van der Waals surface area contributed by atoms with Crippen molar-refractivity contribution in [1.29, 1.82) is 0 Å². The number of carbonyl (C=O) groups excluding carboxylic acids is 1. The van der Waals surface area contributed by atoms with Crippen LogP contribution in [0, 0.1) is 0 Å². The molecule has 6 heteroatoms. The molecule has 6 nitrogen and oxygen atoms in total. The van der Waals surface area contributed by atoms with E-state index < -0.39 is 0 Å². The van der Waals surface area contributed by atoms with Gasteiger partial charge in [0.1, 0.15) is 0 Å². The van der Waals surface area contributed by atoms with Crippen LogP contribution in [0.3, 0.4) is 0 Å². The van der Waals surface area contributed by atoms with Crippen molar-refractivity contribution < 1.29 is 4.79 Å². The van der Waals surface area contributed by atoms with Crippen LogP contribution < -0.4 is 20.0 Å². The van der Waals surface area contributed by atoms with Crippen molar-refractivity contribution >= 4 is 39.9 Å². The van der Waals surface area contributed by atoms with Gasteiger partial charge in [-0.2, -0.15) is 0 Å². The van der Waals surface area contributed by atoms with Gasteiger partial charge in [0.15, 0.2) is 5.78 Å². The third-order valence-corrected chi connectivity index (χ3v) is 9.24. The van der Waals surface area contributed by atoms with Crippen LogP contribution in [0.2, 0.25) is 0 Å². The van der Waals surface area contributed by atoms with Gasteiger partial charge in [-0.3, -0.25) is 4.79 Å². The van der Waals surface area contributed by atoms with Gasteiger partial charge in [-0.05, 0) is 141 Å². The maximum Gasteiger partial charge on any atom is 0.187 e. The molecule has 0 fully saturated rings. The highest BCUT2D eigenvalue weighted by molar-refractivity contribution is 6.26. The summed E-state index contributed by atoms with van der Waals surface area (Å²) in [6.07, 6.45) is 3.15. The number of hydrogen-bond acceptors (Lipinski definition) is 6. The number of rotatable bonds is 15. The van der Waals surface area contributed by atoms with E-state index in [2.05, 4.69) is 162 Å². The van der Waals surface area contributed by atoms with Crippen LogP contribution in [0.1, 0.15) is 81.2 Å². The molecule has 0 aromatic heterocycles. The van der Waals surface area contributed by atoms with Crippen LogP contribution >= 0.6 is 0 Å². The number of nitrogens with zero attached hydrogens (tertiary/aromatic N) is 4. The minimum absolute atomic E-state index is 0.0832. The van der Waals surface area contributed by atoms with Gasteiger partial charge in [-0.15, -0.1) is 0 Å². The Hall–Kier alpha value is -4.32. The zero-order chi connectivity index (χ0) is 35.0. The topological polar surface area (TPSA) is 51.2 Å². The molecule has 0 aliphatic heterocycles. The second kappa shape index (κ2) is 16.7. The Labute approximate surface area is 290 Å². The Morgan fingerprint density at radius 3 is 1.48 bits per heavy atom. The lowest BCUT2D eigenvalue weighted by atomic mass is 9.87. The molecule has 0 amide bonds. The smallest absolute Gasteiger partial charge is 0.187 e. The van der Waals surface area contributed by atoms with E-state index in [1.165, 1.54) is 17.1 Å². The number of carbonyl (C=O) groups is 1. The lowest BCUT2D eigenvalue weighted by molar-refractivity contribution is -0.112. The molecule has 0 unspecified atom stereocenters. The van der Waals surface area contributed by atoms with Gasteiger partial charge in [0.05, 0.1) is 17.1 Å². The summed E-state index contributed by atoms with van der Waals surface area (Å²) in [5.74, 6) is 0.0832. The maximum absolute atomic E-state index is 14.1. The molecular weight excluding hydrogens is 590 g/mol. The second-order valence-electron chi connectivity index (χ2n) is 13.4. The average molecular weight is 648 g/mol. The molecule has 0 saturated carbocycles. The second-order valence-corrected chi connectivity index (χ2v) is 13.4. The van der Waals surface area contributed by atoms with Crippen LogP contribution in [-0.4, -0.2) is 49.3 Å². The lowest BCUT2D eigenvalue weighted by Gasteiger charge is -2.28. The summed E-state index contributed by atoms with van der Waals surface area (Å²) in [7, 11) is 0. The largest absolute Gasteiger partial charge is 0.369 e. The van der Waals surface area contributed by atoms with Crippen LogP contribution in [0.25, 0.3) is 0 Å². The molecule has 256 valence electrons. The van der Waals surface area contributed by atoms with Gasteiger partial charge in [0, 0.05) is 78.1 Å². The summed E-state index contributed by atoms with van der Waals surface area (Å²) in [5.41, 5.74) is 9.55. The van der Waals surface area contributed by atoms with Gasteiger partial charge in [-0.1, -0.05) is 19.1 Å². The average Bonchev–Trinajstić information content (AvgIpc) is 3.06. The summed E-state index contributed by atoms with van der Waals surface area (Å²) in [6.45, 7) is 24.7. The number of anilines is 4. The van der Waals surface area contributed by atoms with Crippen LogP contribution in [0.5, 0.6) is 0 Å². The summed E-state index contributed by atoms with van der Waals surface area (Å²) >= 11 is 0.